The van der Waals surface area contributed by atoms with Crippen LogP contribution in [0, 0.1) is 5.92 Å². The van der Waals surface area contributed by atoms with E-state index in [0.29, 0.717) is 12.0 Å². The van der Waals surface area contributed by atoms with Gasteiger partial charge in [0.1, 0.15) is 5.60 Å². The van der Waals surface area contributed by atoms with Crippen LogP contribution in [0.5, 0.6) is 0 Å². The SMILES string of the molecule is CNC(C)C1CCN(C(=O)OC(C)(C)C)CC1. The van der Waals surface area contributed by atoms with Crippen LogP contribution in [-0.2, 0) is 4.74 Å². The Labute approximate surface area is 105 Å². The van der Waals surface area contributed by atoms with E-state index in [0.717, 1.165) is 25.9 Å². The number of rotatable bonds is 2. The largest absolute Gasteiger partial charge is 0.444 e. The number of hydrogen-bond acceptors (Lipinski definition) is 3. The molecular formula is C13H26N2O2. The van der Waals surface area contributed by atoms with Gasteiger partial charge in [0.05, 0.1) is 0 Å². The van der Waals surface area contributed by atoms with Crippen molar-refractivity contribution in [3.05, 3.63) is 0 Å². The van der Waals surface area contributed by atoms with Crippen molar-refractivity contribution in [3.63, 3.8) is 0 Å². The van der Waals surface area contributed by atoms with Gasteiger partial charge < -0.3 is 15.0 Å². The van der Waals surface area contributed by atoms with Gasteiger partial charge in [-0.3, -0.25) is 0 Å². The number of likely N-dealkylation sites (tertiary alicyclic amines) is 1. The van der Waals surface area contributed by atoms with Gasteiger partial charge in [-0.05, 0) is 53.5 Å². The molecule has 1 heterocycles. The predicted octanol–water partition coefficient (Wildman–Crippen LogP) is 2.24. The van der Waals surface area contributed by atoms with Crippen LogP contribution in [0.4, 0.5) is 4.79 Å². The average molecular weight is 242 g/mol. The highest BCUT2D eigenvalue weighted by molar-refractivity contribution is 5.68. The molecular weight excluding hydrogens is 216 g/mol. The molecule has 1 aliphatic heterocycles. The average Bonchev–Trinajstić information content (AvgIpc) is 2.26. The smallest absolute Gasteiger partial charge is 0.410 e. The van der Waals surface area contributed by atoms with Crippen LogP contribution < -0.4 is 5.32 Å². The summed E-state index contributed by atoms with van der Waals surface area (Å²) in [4.78, 5) is 13.7. The molecule has 100 valence electrons. The number of ether oxygens (including phenoxy) is 1. The molecule has 0 aromatic heterocycles. The van der Waals surface area contributed by atoms with Crippen molar-refractivity contribution in [2.75, 3.05) is 20.1 Å². The lowest BCUT2D eigenvalue weighted by Gasteiger charge is -2.35. The highest BCUT2D eigenvalue weighted by Gasteiger charge is 2.28. The van der Waals surface area contributed by atoms with Gasteiger partial charge in [0.25, 0.3) is 0 Å². The number of carbonyl (C=O) groups is 1. The van der Waals surface area contributed by atoms with E-state index >= 15 is 0 Å². The van der Waals surface area contributed by atoms with E-state index in [9.17, 15) is 4.79 Å². The monoisotopic (exact) mass is 242 g/mol. The van der Waals surface area contributed by atoms with Gasteiger partial charge in [0.2, 0.25) is 0 Å². The minimum absolute atomic E-state index is 0.173. The van der Waals surface area contributed by atoms with Crippen molar-refractivity contribution >= 4 is 6.09 Å². The van der Waals surface area contributed by atoms with Crippen LogP contribution >= 0.6 is 0 Å². The fraction of sp³-hybridized carbons (Fsp3) is 0.923. The molecule has 1 amide bonds. The first kappa shape index (κ1) is 14.3. The van der Waals surface area contributed by atoms with Gasteiger partial charge in [0.15, 0.2) is 0 Å². The molecule has 17 heavy (non-hydrogen) atoms. The highest BCUT2D eigenvalue weighted by atomic mass is 16.6. The van der Waals surface area contributed by atoms with E-state index in [1.54, 1.807) is 0 Å². The number of amides is 1. The second-order valence-corrected chi connectivity index (χ2v) is 5.88. The molecule has 1 aliphatic rings. The van der Waals surface area contributed by atoms with Crippen LogP contribution in [0.2, 0.25) is 0 Å². The zero-order valence-corrected chi connectivity index (χ0v) is 11.7. The number of nitrogens with one attached hydrogen (secondary N) is 1. The Kier molecular flexibility index (Phi) is 4.80. The summed E-state index contributed by atoms with van der Waals surface area (Å²) in [6.45, 7) is 9.53. The predicted molar refractivity (Wildman–Crippen MR) is 69.1 cm³/mol. The molecule has 0 saturated carbocycles. The maximum absolute atomic E-state index is 11.8. The molecule has 0 spiro atoms. The Morgan fingerprint density at radius 2 is 1.88 bits per heavy atom. The molecule has 1 atom stereocenters. The van der Waals surface area contributed by atoms with Crippen molar-refractivity contribution in [3.8, 4) is 0 Å². The lowest BCUT2D eigenvalue weighted by molar-refractivity contribution is 0.0173. The Hall–Kier alpha value is -0.770. The Bertz CT molecular complexity index is 253. The Balaban J connectivity index is 2.39. The molecule has 0 aromatic carbocycles. The van der Waals surface area contributed by atoms with E-state index in [1.807, 2.05) is 32.7 Å². The molecule has 1 N–H and O–H groups in total. The number of nitrogens with zero attached hydrogens (tertiary/aromatic N) is 1. The van der Waals surface area contributed by atoms with Gasteiger partial charge in [-0.15, -0.1) is 0 Å². The lowest BCUT2D eigenvalue weighted by atomic mass is 9.90. The summed E-state index contributed by atoms with van der Waals surface area (Å²) in [5.41, 5.74) is -0.397. The van der Waals surface area contributed by atoms with E-state index in [1.165, 1.54) is 0 Å². The van der Waals surface area contributed by atoms with Crippen LogP contribution in [0.3, 0.4) is 0 Å². The summed E-state index contributed by atoms with van der Waals surface area (Å²) in [5.74, 6) is 0.665. The first-order chi connectivity index (χ1) is 7.83. The molecule has 4 nitrogen and oxygen atoms in total. The number of carbonyl (C=O) groups excluding carboxylic acids is 1. The van der Waals surface area contributed by atoms with Gasteiger partial charge in [-0.2, -0.15) is 0 Å². The van der Waals surface area contributed by atoms with E-state index < -0.39 is 5.60 Å². The van der Waals surface area contributed by atoms with Crippen molar-refractivity contribution in [2.45, 2.75) is 52.2 Å². The molecule has 4 heteroatoms. The fourth-order valence-electron chi connectivity index (χ4n) is 2.14. The van der Waals surface area contributed by atoms with Crippen LogP contribution in [0.15, 0.2) is 0 Å². The highest BCUT2D eigenvalue weighted by Crippen LogP contribution is 2.22. The quantitative estimate of drug-likeness (QED) is 0.807. The van der Waals surface area contributed by atoms with Crippen molar-refractivity contribution in [1.82, 2.24) is 10.2 Å². The fourth-order valence-corrected chi connectivity index (χ4v) is 2.14. The second-order valence-electron chi connectivity index (χ2n) is 5.88. The maximum atomic E-state index is 11.8. The van der Waals surface area contributed by atoms with Gasteiger partial charge in [-0.1, -0.05) is 0 Å². The first-order valence-electron chi connectivity index (χ1n) is 6.48. The molecule has 1 rings (SSSR count). The minimum Gasteiger partial charge on any atom is -0.444 e. The standard InChI is InChI=1S/C13H26N2O2/c1-10(14-5)11-6-8-15(9-7-11)12(16)17-13(2,3)4/h10-11,14H,6-9H2,1-5H3. The van der Waals surface area contributed by atoms with E-state index in [2.05, 4.69) is 12.2 Å². The van der Waals surface area contributed by atoms with Crippen molar-refractivity contribution in [2.24, 2.45) is 5.92 Å². The van der Waals surface area contributed by atoms with Crippen molar-refractivity contribution in [1.29, 1.82) is 0 Å². The van der Waals surface area contributed by atoms with Crippen LogP contribution in [-0.4, -0.2) is 42.8 Å². The van der Waals surface area contributed by atoms with Crippen LogP contribution in [0.25, 0.3) is 0 Å². The third-order valence-electron chi connectivity index (χ3n) is 3.35. The van der Waals surface area contributed by atoms with E-state index in [-0.39, 0.29) is 6.09 Å². The first-order valence-corrected chi connectivity index (χ1v) is 6.48. The zero-order valence-electron chi connectivity index (χ0n) is 11.7. The molecule has 0 aliphatic carbocycles. The second kappa shape index (κ2) is 5.71. The van der Waals surface area contributed by atoms with Crippen molar-refractivity contribution < 1.29 is 9.53 Å². The maximum Gasteiger partial charge on any atom is 0.410 e. The van der Waals surface area contributed by atoms with E-state index in [4.69, 9.17) is 4.74 Å². The van der Waals surface area contributed by atoms with Gasteiger partial charge in [-0.25, -0.2) is 4.79 Å². The summed E-state index contributed by atoms with van der Waals surface area (Å²) in [6, 6.07) is 0.524. The summed E-state index contributed by atoms with van der Waals surface area (Å²) >= 11 is 0. The Morgan fingerprint density at radius 3 is 2.29 bits per heavy atom. The minimum atomic E-state index is -0.397. The summed E-state index contributed by atoms with van der Waals surface area (Å²) in [5, 5.41) is 3.28. The molecule has 1 saturated heterocycles. The molecule has 0 radical (unpaired) electrons. The molecule has 0 bridgehead atoms. The molecule has 1 unspecified atom stereocenters. The third kappa shape index (κ3) is 4.54. The summed E-state index contributed by atoms with van der Waals surface area (Å²) in [6.07, 6.45) is 1.94. The topological polar surface area (TPSA) is 41.6 Å². The number of piperidine rings is 1. The lowest BCUT2D eigenvalue weighted by Crippen LogP contribution is -2.45. The Morgan fingerprint density at radius 1 is 1.35 bits per heavy atom. The third-order valence-corrected chi connectivity index (χ3v) is 3.35. The van der Waals surface area contributed by atoms with Gasteiger partial charge >= 0.3 is 6.09 Å². The van der Waals surface area contributed by atoms with Gasteiger partial charge in [0, 0.05) is 19.1 Å². The summed E-state index contributed by atoms with van der Waals surface area (Å²) in [7, 11) is 1.99. The molecule has 1 fully saturated rings. The van der Waals surface area contributed by atoms with Crippen LogP contribution in [0.1, 0.15) is 40.5 Å². The zero-order chi connectivity index (χ0) is 13.1. The molecule has 0 aromatic rings. The summed E-state index contributed by atoms with van der Waals surface area (Å²) < 4.78 is 5.37. The normalized spacial score (nSPS) is 20.2. The number of hydrogen-bond donors (Lipinski definition) is 1.